The molecule has 0 heterocycles. The molecule has 0 radical (unpaired) electrons. The lowest BCUT2D eigenvalue weighted by Crippen LogP contribution is -2.38. The van der Waals surface area contributed by atoms with Crippen molar-refractivity contribution >= 4 is 12.6 Å². The second kappa shape index (κ2) is 5.44. The molecule has 0 aromatic heterocycles. The molecular weight excluding hydrogens is 251 g/mol. The first-order valence-corrected chi connectivity index (χ1v) is 8.98. The predicted octanol–water partition coefficient (Wildman–Crippen LogP) is 5.12. The van der Waals surface area contributed by atoms with Gasteiger partial charge in [0.15, 0.2) is 0 Å². The second-order valence-corrected chi connectivity index (χ2v) is 11.9. The highest BCUT2D eigenvalue weighted by molar-refractivity contribution is 7.86. The largest absolute Gasteiger partial charge is 0.494 e. The molecule has 0 saturated carbocycles. The third kappa shape index (κ3) is 3.14. The molecule has 0 bridgehead atoms. The topological polar surface area (TPSA) is 9.23 Å². The van der Waals surface area contributed by atoms with Gasteiger partial charge in [0, 0.05) is 0 Å². The lowest BCUT2D eigenvalue weighted by Gasteiger charge is -2.50. The Morgan fingerprint density at radius 3 is 1.68 bits per heavy atom. The standard InChI is InChI=1S/C17H29OP/c1-9-18-14-10-12-15(13-11-14)19(8,16(2,3)4)17(5,6)7/h10-13H,8-9H2,1-7H3. The van der Waals surface area contributed by atoms with Gasteiger partial charge in [-0.2, -0.15) is 6.66 Å². The van der Waals surface area contributed by atoms with Gasteiger partial charge < -0.3 is 4.74 Å². The summed E-state index contributed by atoms with van der Waals surface area (Å²) >= 11 is 0. The summed E-state index contributed by atoms with van der Waals surface area (Å²) in [4.78, 5) is 0. The van der Waals surface area contributed by atoms with Crippen molar-refractivity contribution in [2.24, 2.45) is 0 Å². The molecule has 1 rings (SSSR count). The molecule has 0 aliphatic rings. The van der Waals surface area contributed by atoms with E-state index in [0.717, 1.165) is 5.75 Å². The van der Waals surface area contributed by atoms with Gasteiger partial charge in [0.1, 0.15) is 5.75 Å². The summed E-state index contributed by atoms with van der Waals surface area (Å²) in [5, 5.41) is 1.77. The summed E-state index contributed by atoms with van der Waals surface area (Å²) < 4.78 is 5.54. The van der Waals surface area contributed by atoms with Gasteiger partial charge in [-0.25, -0.2) is 0 Å². The van der Waals surface area contributed by atoms with Gasteiger partial charge in [-0.1, -0.05) is 7.26 Å². The first-order chi connectivity index (χ1) is 8.54. The van der Waals surface area contributed by atoms with Crippen molar-refractivity contribution in [1.29, 1.82) is 0 Å². The van der Waals surface area contributed by atoms with Crippen LogP contribution in [0.4, 0.5) is 0 Å². The van der Waals surface area contributed by atoms with Gasteiger partial charge in [0.2, 0.25) is 0 Å². The maximum atomic E-state index is 5.54. The Balaban J connectivity index is 3.28. The van der Waals surface area contributed by atoms with Crippen LogP contribution in [0.5, 0.6) is 5.75 Å². The zero-order chi connectivity index (χ0) is 14.9. The summed E-state index contributed by atoms with van der Waals surface area (Å²) in [6.07, 6.45) is 0. The van der Waals surface area contributed by atoms with Crippen molar-refractivity contribution in [3.05, 3.63) is 30.9 Å². The molecule has 108 valence electrons. The number of benzene rings is 1. The zero-order valence-corrected chi connectivity index (χ0v) is 14.5. The first kappa shape index (κ1) is 16.5. The van der Waals surface area contributed by atoms with Crippen LogP contribution in [0, 0.1) is 6.66 Å². The molecule has 0 N–H and O–H groups in total. The molecule has 19 heavy (non-hydrogen) atoms. The maximum Gasteiger partial charge on any atom is 0.119 e. The summed E-state index contributed by atoms with van der Waals surface area (Å²) in [6.45, 7) is 21.3. The minimum absolute atomic E-state index is 0.193. The molecule has 0 aliphatic heterocycles. The van der Waals surface area contributed by atoms with E-state index in [4.69, 9.17) is 11.4 Å². The maximum absolute atomic E-state index is 5.54. The van der Waals surface area contributed by atoms with E-state index in [1.807, 2.05) is 6.92 Å². The molecule has 2 heteroatoms. The fourth-order valence-electron chi connectivity index (χ4n) is 2.74. The molecule has 0 amide bonds. The normalized spacial score (nSPS) is 13.5. The Labute approximate surface area is 120 Å². The van der Waals surface area contributed by atoms with Crippen LogP contribution in [-0.2, 0) is 0 Å². The highest BCUT2D eigenvalue weighted by Gasteiger charge is 2.49. The Hall–Kier alpha value is -0.550. The van der Waals surface area contributed by atoms with E-state index in [0.29, 0.717) is 6.61 Å². The van der Waals surface area contributed by atoms with Crippen LogP contribution in [0.25, 0.3) is 0 Å². The minimum atomic E-state index is -1.53. The molecule has 0 fully saturated rings. The van der Waals surface area contributed by atoms with E-state index in [1.54, 1.807) is 0 Å². The van der Waals surface area contributed by atoms with Gasteiger partial charge in [-0.3, -0.25) is 0 Å². The fraction of sp³-hybridized carbons (Fsp3) is 0.588. The molecule has 1 aromatic rings. The van der Waals surface area contributed by atoms with Crippen molar-refractivity contribution in [2.75, 3.05) is 6.61 Å². The van der Waals surface area contributed by atoms with E-state index >= 15 is 0 Å². The second-order valence-electron chi connectivity index (χ2n) is 7.08. The van der Waals surface area contributed by atoms with E-state index in [-0.39, 0.29) is 10.3 Å². The average Bonchev–Trinajstić information content (AvgIpc) is 2.26. The monoisotopic (exact) mass is 280 g/mol. The number of ether oxygens (including phenoxy) is 1. The third-order valence-corrected chi connectivity index (χ3v) is 9.64. The van der Waals surface area contributed by atoms with Crippen LogP contribution in [0.3, 0.4) is 0 Å². The van der Waals surface area contributed by atoms with E-state index in [9.17, 15) is 0 Å². The van der Waals surface area contributed by atoms with Crippen molar-refractivity contribution < 1.29 is 4.74 Å². The van der Waals surface area contributed by atoms with Crippen LogP contribution in [-0.4, -0.2) is 16.9 Å². The minimum Gasteiger partial charge on any atom is -0.494 e. The van der Waals surface area contributed by atoms with Gasteiger partial charge in [-0.15, -0.1) is 0 Å². The van der Waals surface area contributed by atoms with Crippen LogP contribution in [0.2, 0.25) is 0 Å². The Morgan fingerprint density at radius 2 is 1.37 bits per heavy atom. The van der Waals surface area contributed by atoms with Crippen molar-refractivity contribution in [2.45, 2.75) is 58.8 Å². The lowest BCUT2D eigenvalue weighted by molar-refractivity contribution is 0.340. The van der Waals surface area contributed by atoms with Gasteiger partial charge >= 0.3 is 0 Å². The fourth-order valence-corrected chi connectivity index (χ4v) is 6.96. The molecule has 0 aliphatic carbocycles. The molecule has 0 unspecified atom stereocenters. The summed E-state index contributed by atoms with van der Waals surface area (Å²) in [7, 11) is -1.53. The number of hydrogen-bond donors (Lipinski definition) is 0. The quantitative estimate of drug-likeness (QED) is 0.552. The van der Waals surface area contributed by atoms with Crippen LogP contribution in [0.1, 0.15) is 48.5 Å². The Morgan fingerprint density at radius 1 is 0.947 bits per heavy atom. The molecular formula is C17H29OP. The smallest absolute Gasteiger partial charge is 0.119 e. The summed E-state index contributed by atoms with van der Waals surface area (Å²) in [6, 6.07) is 8.58. The van der Waals surface area contributed by atoms with Crippen molar-refractivity contribution in [1.82, 2.24) is 0 Å². The molecule has 0 spiro atoms. The van der Waals surface area contributed by atoms with E-state index in [1.165, 1.54) is 5.30 Å². The van der Waals surface area contributed by atoms with Gasteiger partial charge in [0.25, 0.3) is 0 Å². The number of hydrogen-bond acceptors (Lipinski definition) is 1. The van der Waals surface area contributed by atoms with Crippen LogP contribution >= 0.6 is 7.26 Å². The van der Waals surface area contributed by atoms with Crippen molar-refractivity contribution in [3.63, 3.8) is 0 Å². The SMILES string of the molecule is [CH2-][P+](c1ccc(OCC)cc1)(C(C)(C)C)C(C)(C)C. The number of rotatable bonds is 3. The van der Waals surface area contributed by atoms with Crippen LogP contribution < -0.4 is 10.0 Å². The zero-order valence-electron chi connectivity index (χ0n) is 13.6. The Kier molecular flexibility index (Phi) is 4.73. The van der Waals surface area contributed by atoms with Gasteiger partial charge in [-0.05, 0) is 72.7 Å². The molecule has 1 aromatic carbocycles. The molecule has 1 nitrogen and oxygen atoms in total. The van der Waals surface area contributed by atoms with Crippen LogP contribution in [0.15, 0.2) is 24.3 Å². The lowest BCUT2D eigenvalue weighted by atomic mass is 10.2. The molecule has 0 atom stereocenters. The van der Waals surface area contributed by atoms with Gasteiger partial charge in [0.05, 0.1) is 22.2 Å². The highest BCUT2D eigenvalue weighted by atomic mass is 31.2. The highest BCUT2D eigenvalue weighted by Crippen LogP contribution is 2.74. The Bertz CT molecular complexity index is 392. The first-order valence-electron chi connectivity index (χ1n) is 7.01. The average molecular weight is 280 g/mol. The van der Waals surface area contributed by atoms with Crippen molar-refractivity contribution in [3.8, 4) is 5.75 Å². The predicted molar refractivity (Wildman–Crippen MR) is 89.0 cm³/mol. The third-order valence-electron chi connectivity index (χ3n) is 3.88. The summed E-state index contributed by atoms with van der Waals surface area (Å²) in [5.41, 5.74) is 0. The molecule has 0 saturated heterocycles. The van der Waals surface area contributed by atoms with E-state index in [2.05, 4.69) is 65.8 Å². The summed E-state index contributed by atoms with van der Waals surface area (Å²) in [5.74, 6) is 0.945. The van der Waals surface area contributed by atoms with E-state index < -0.39 is 7.26 Å².